The molecule has 0 spiro atoms. The summed E-state index contributed by atoms with van der Waals surface area (Å²) in [6.45, 7) is 0. The highest BCUT2D eigenvalue weighted by Gasteiger charge is 2.22. The second-order valence-electron chi connectivity index (χ2n) is 14.1. The minimum absolute atomic E-state index is 0.575. The third kappa shape index (κ3) is 5.21. The van der Waals surface area contributed by atoms with Gasteiger partial charge in [-0.15, -0.1) is 0 Å². The zero-order chi connectivity index (χ0) is 37.0. The molecular formula is C51H33N5. The first-order chi connectivity index (χ1) is 27.8. The van der Waals surface area contributed by atoms with Gasteiger partial charge in [-0.25, -0.2) is 4.98 Å². The lowest BCUT2D eigenvalue weighted by molar-refractivity contribution is 0.953. The Morgan fingerprint density at radius 2 is 0.714 bits per heavy atom. The van der Waals surface area contributed by atoms with Gasteiger partial charge in [0.05, 0.1) is 22.1 Å². The van der Waals surface area contributed by atoms with Gasteiger partial charge in [-0.1, -0.05) is 158 Å². The summed E-state index contributed by atoms with van der Waals surface area (Å²) in [5, 5.41) is 4.74. The summed E-state index contributed by atoms with van der Waals surface area (Å²) in [6.07, 6.45) is 0. The second kappa shape index (κ2) is 13.0. The summed E-state index contributed by atoms with van der Waals surface area (Å²) in [5.74, 6) is 1.81. The standard InChI is InChI=1S/C51H33N5/c1-4-15-34(16-5-1)38-19-14-20-39(33-38)35-27-29-37(30-28-35)50-52-49(36-17-6-2-7-18-36)53-51(54-50)56-44-26-13-11-24-42(44)48-46(56)32-31-45-47(48)41-23-10-12-25-43(41)55(45)40-21-8-3-9-22-40/h1-33H. The van der Waals surface area contributed by atoms with Gasteiger partial charge in [0.1, 0.15) is 0 Å². The lowest BCUT2D eigenvalue weighted by Crippen LogP contribution is -2.06. The fourth-order valence-electron chi connectivity index (χ4n) is 8.22. The maximum atomic E-state index is 5.26. The quantitative estimate of drug-likeness (QED) is 0.172. The Morgan fingerprint density at radius 3 is 1.32 bits per heavy atom. The predicted octanol–water partition coefficient (Wildman–Crippen LogP) is 12.7. The van der Waals surface area contributed by atoms with E-state index in [-0.39, 0.29) is 0 Å². The van der Waals surface area contributed by atoms with E-state index in [0.717, 1.165) is 49.9 Å². The molecule has 0 atom stereocenters. The Bertz CT molecular complexity index is 3220. The van der Waals surface area contributed by atoms with Crippen LogP contribution in [0.4, 0.5) is 0 Å². The summed E-state index contributed by atoms with van der Waals surface area (Å²) >= 11 is 0. The van der Waals surface area contributed by atoms with E-state index < -0.39 is 0 Å². The number of nitrogens with zero attached hydrogens (tertiary/aromatic N) is 5. The van der Waals surface area contributed by atoms with E-state index >= 15 is 0 Å². The molecule has 0 aliphatic heterocycles. The molecule has 5 nitrogen and oxygen atoms in total. The molecule has 0 saturated heterocycles. The number of benzene rings is 8. The number of hydrogen-bond acceptors (Lipinski definition) is 3. The van der Waals surface area contributed by atoms with Gasteiger partial charge >= 0.3 is 0 Å². The van der Waals surface area contributed by atoms with Gasteiger partial charge < -0.3 is 4.57 Å². The molecule has 3 heterocycles. The van der Waals surface area contributed by atoms with E-state index in [9.17, 15) is 0 Å². The minimum Gasteiger partial charge on any atom is -0.309 e. The molecule has 56 heavy (non-hydrogen) atoms. The van der Waals surface area contributed by atoms with Gasteiger partial charge in [0.15, 0.2) is 11.6 Å². The lowest BCUT2D eigenvalue weighted by Gasteiger charge is -2.12. The molecule has 3 aromatic heterocycles. The highest BCUT2D eigenvalue weighted by molar-refractivity contribution is 6.28. The van der Waals surface area contributed by atoms with Crippen molar-refractivity contribution in [3.05, 3.63) is 200 Å². The molecule has 11 rings (SSSR count). The van der Waals surface area contributed by atoms with Crippen LogP contribution in [0, 0.1) is 0 Å². The first-order valence-corrected chi connectivity index (χ1v) is 18.9. The molecule has 11 aromatic rings. The van der Waals surface area contributed by atoms with Crippen LogP contribution in [0.2, 0.25) is 0 Å². The van der Waals surface area contributed by atoms with Gasteiger partial charge in [0.25, 0.3) is 0 Å². The largest absolute Gasteiger partial charge is 0.309 e. The minimum atomic E-state index is 0.575. The molecule has 5 heteroatoms. The zero-order valence-electron chi connectivity index (χ0n) is 30.3. The molecular weight excluding hydrogens is 683 g/mol. The summed E-state index contributed by atoms with van der Waals surface area (Å²) in [5.41, 5.74) is 12.1. The molecule has 0 aliphatic rings. The first kappa shape index (κ1) is 31.9. The Labute approximate surface area is 323 Å². The summed E-state index contributed by atoms with van der Waals surface area (Å²) < 4.78 is 4.58. The Hall–Kier alpha value is -7.63. The monoisotopic (exact) mass is 715 g/mol. The molecule has 8 aromatic carbocycles. The van der Waals surface area contributed by atoms with Crippen LogP contribution in [0.3, 0.4) is 0 Å². The van der Waals surface area contributed by atoms with Gasteiger partial charge in [-0.2, -0.15) is 9.97 Å². The average molecular weight is 716 g/mol. The summed E-state index contributed by atoms with van der Waals surface area (Å²) in [6, 6.07) is 70.3. The van der Waals surface area contributed by atoms with E-state index in [4.69, 9.17) is 15.0 Å². The summed E-state index contributed by atoms with van der Waals surface area (Å²) in [7, 11) is 0. The van der Waals surface area contributed by atoms with Crippen LogP contribution in [0.15, 0.2) is 200 Å². The Kier molecular flexibility index (Phi) is 7.42. The topological polar surface area (TPSA) is 48.5 Å². The van der Waals surface area contributed by atoms with E-state index in [1.807, 2.05) is 24.3 Å². The molecule has 0 unspecified atom stereocenters. The second-order valence-corrected chi connectivity index (χ2v) is 14.1. The van der Waals surface area contributed by atoms with Crippen molar-refractivity contribution in [1.29, 1.82) is 0 Å². The van der Waals surface area contributed by atoms with Crippen molar-refractivity contribution in [1.82, 2.24) is 24.1 Å². The smallest absolute Gasteiger partial charge is 0.238 e. The van der Waals surface area contributed by atoms with Crippen molar-refractivity contribution in [2.75, 3.05) is 0 Å². The molecule has 0 bridgehead atoms. The molecule has 0 radical (unpaired) electrons. The predicted molar refractivity (Wildman–Crippen MR) is 230 cm³/mol. The van der Waals surface area contributed by atoms with Crippen molar-refractivity contribution >= 4 is 43.6 Å². The SMILES string of the molecule is c1ccc(-c2cccc(-c3ccc(-c4nc(-c5ccccc5)nc(-n5c6ccccc6c6c7c8ccccc8n(-c8ccccc8)c7ccc65)n4)cc3)c2)cc1. The molecule has 0 aliphatic carbocycles. The van der Waals surface area contributed by atoms with E-state index in [0.29, 0.717) is 17.6 Å². The van der Waals surface area contributed by atoms with Crippen molar-refractivity contribution < 1.29 is 0 Å². The number of hydrogen-bond donors (Lipinski definition) is 0. The van der Waals surface area contributed by atoms with Crippen LogP contribution in [-0.2, 0) is 0 Å². The normalized spacial score (nSPS) is 11.6. The molecule has 0 amide bonds. The van der Waals surface area contributed by atoms with Crippen LogP contribution in [0.25, 0.3) is 100 Å². The van der Waals surface area contributed by atoms with Crippen LogP contribution in [0.5, 0.6) is 0 Å². The Morgan fingerprint density at radius 1 is 0.286 bits per heavy atom. The molecule has 262 valence electrons. The van der Waals surface area contributed by atoms with Gasteiger partial charge in [0, 0.05) is 38.4 Å². The third-order valence-corrected chi connectivity index (χ3v) is 10.8. The van der Waals surface area contributed by atoms with Crippen molar-refractivity contribution in [3.63, 3.8) is 0 Å². The molecule has 0 saturated carbocycles. The van der Waals surface area contributed by atoms with E-state index in [1.165, 1.54) is 32.8 Å². The van der Waals surface area contributed by atoms with Crippen molar-refractivity contribution in [3.8, 4) is 56.7 Å². The van der Waals surface area contributed by atoms with Crippen LogP contribution < -0.4 is 0 Å². The van der Waals surface area contributed by atoms with Gasteiger partial charge in [-0.3, -0.25) is 4.57 Å². The fraction of sp³-hybridized carbons (Fsp3) is 0. The van der Waals surface area contributed by atoms with Crippen LogP contribution in [-0.4, -0.2) is 24.1 Å². The first-order valence-electron chi connectivity index (χ1n) is 18.9. The van der Waals surface area contributed by atoms with Crippen molar-refractivity contribution in [2.24, 2.45) is 0 Å². The molecule has 0 fully saturated rings. The van der Waals surface area contributed by atoms with E-state index in [2.05, 4.69) is 185 Å². The van der Waals surface area contributed by atoms with Gasteiger partial charge in [0.2, 0.25) is 5.95 Å². The van der Waals surface area contributed by atoms with Crippen LogP contribution >= 0.6 is 0 Å². The lowest BCUT2D eigenvalue weighted by atomic mass is 9.98. The Balaban J connectivity index is 1.11. The highest BCUT2D eigenvalue weighted by atomic mass is 15.2. The average Bonchev–Trinajstić information content (AvgIpc) is 3.80. The van der Waals surface area contributed by atoms with Crippen molar-refractivity contribution in [2.45, 2.75) is 0 Å². The summed E-state index contributed by atoms with van der Waals surface area (Å²) in [4.78, 5) is 15.6. The highest BCUT2D eigenvalue weighted by Crippen LogP contribution is 2.42. The van der Waals surface area contributed by atoms with Gasteiger partial charge in [-0.05, 0) is 64.7 Å². The number of aromatic nitrogens is 5. The van der Waals surface area contributed by atoms with Crippen LogP contribution in [0.1, 0.15) is 0 Å². The van der Waals surface area contributed by atoms with E-state index in [1.54, 1.807) is 0 Å². The molecule has 0 N–H and O–H groups in total. The maximum absolute atomic E-state index is 5.26. The number of para-hydroxylation sites is 3. The number of rotatable bonds is 6. The number of fused-ring (bicyclic) bond motifs is 7. The third-order valence-electron chi connectivity index (χ3n) is 10.8. The zero-order valence-corrected chi connectivity index (χ0v) is 30.3. The fourth-order valence-corrected chi connectivity index (χ4v) is 8.22. The maximum Gasteiger partial charge on any atom is 0.238 e.